The smallest absolute Gasteiger partial charge is 0.326 e. The van der Waals surface area contributed by atoms with Gasteiger partial charge in [-0.15, -0.1) is 0 Å². The SMILES string of the molecule is CC(=O)CC[C@@H](NC(=O)N[C@H](CCCCN(Cc1ccc(I)cc1)C(=O)c1ccc(CNC(=O)CCC(C(=O)O)N2CCN(CC(=O)O)CCN(CC(=O)O)CCN(CC(=O)O)CC2)cc1)C(=O)O)C(=O)O. The minimum atomic E-state index is -1.40. The summed E-state index contributed by atoms with van der Waals surface area (Å²) < 4.78 is 0.986. The number of ketones is 1. The molecular formula is C47H65IN8O16. The highest BCUT2D eigenvalue weighted by molar-refractivity contribution is 14.1. The standard InChI is InChI=1S/C47H65IN8O16/c1-31(57)5-14-37(45(68)69)51-47(72)50-36(44(66)67)4-2-3-17-56(27-33-8-12-35(48)13-9-33)43(65)34-10-6-32(7-11-34)26-49-39(58)16-15-38(46(70)71)55-24-22-53(29-41(61)62)20-18-52(28-40(59)60)19-21-54(23-25-55)30-42(63)64/h6-13,36-38H,2-5,14-30H2,1H3,(H,49,58)(H,59,60)(H,61,62)(H,63,64)(H,66,67)(H,68,69)(H,70,71)(H2,50,51,72)/t36-,37-,38?/m1/s1. The molecule has 1 unspecified atom stereocenters. The van der Waals surface area contributed by atoms with Gasteiger partial charge in [-0.05, 0) is 97.0 Å². The van der Waals surface area contributed by atoms with Gasteiger partial charge in [0.05, 0.1) is 19.6 Å². The predicted molar refractivity (Wildman–Crippen MR) is 265 cm³/mol. The van der Waals surface area contributed by atoms with E-state index in [0.717, 1.165) is 9.13 Å². The highest BCUT2D eigenvalue weighted by atomic mass is 127. The van der Waals surface area contributed by atoms with Gasteiger partial charge in [0.1, 0.15) is 23.9 Å². The summed E-state index contributed by atoms with van der Waals surface area (Å²) in [5.74, 6) is -8.37. The number of hydrogen-bond donors (Lipinski definition) is 9. The Morgan fingerprint density at radius 1 is 0.583 bits per heavy atom. The number of aliphatic carboxylic acids is 6. The molecule has 72 heavy (non-hydrogen) atoms. The third-order valence-corrected chi connectivity index (χ3v) is 12.5. The molecule has 1 heterocycles. The van der Waals surface area contributed by atoms with Gasteiger partial charge in [0.2, 0.25) is 5.91 Å². The normalized spacial score (nSPS) is 15.6. The third-order valence-electron chi connectivity index (χ3n) is 11.7. The Bertz CT molecular complexity index is 2150. The molecule has 25 heteroatoms. The molecular weight excluding hydrogens is 1060 g/mol. The molecule has 0 aliphatic carbocycles. The Morgan fingerprint density at radius 2 is 1.06 bits per heavy atom. The summed E-state index contributed by atoms with van der Waals surface area (Å²) in [4.78, 5) is 130. The molecule has 0 saturated carbocycles. The maximum Gasteiger partial charge on any atom is 0.326 e. The maximum absolute atomic E-state index is 13.9. The lowest BCUT2D eigenvalue weighted by atomic mass is 10.1. The van der Waals surface area contributed by atoms with Gasteiger partial charge in [-0.25, -0.2) is 14.4 Å². The molecule has 0 radical (unpaired) electrons. The molecule has 1 aliphatic rings. The fourth-order valence-electron chi connectivity index (χ4n) is 7.81. The van der Waals surface area contributed by atoms with Crippen molar-refractivity contribution in [2.45, 2.75) is 83.1 Å². The summed E-state index contributed by atoms with van der Waals surface area (Å²) in [6.45, 7) is 1.61. The van der Waals surface area contributed by atoms with E-state index in [2.05, 4.69) is 38.5 Å². The number of nitrogens with zero attached hydrogens (tertiary/aromatic N) is 5. The Hall–Kier alpha value is -6.29. The summed E-state index contributed by atoms with van der Waals surface area (Å²) in [5.41, 5.74) is 1.79. The van der Waals surface area contributed by atoms with Crippen LogP contribution in [0.4, 0.5) is 4.79 Å². The zero-order chi connectivity index (χ0) is 53.3. The molecule has 1 fully saturated rings. The third kappa shape index (κ3) is 23.3. The van der Waals surface area contributed by atoms with Crippen molar-refractivity contribution in [3.8, 4) is 0 Å². The number of halogens is 1. The fourth-order valence-corrected chi connectivity index (χ4v) is 8.17. The van der Waals surface area contributed by atoms with Gasteiger partial charge >= 0.3 is 41.8 Å². The van der Waals surface area contributed by atoms with Crippen LogP contribution in [0.5, 0.6) is 0 Å². The van der Waals surface area contributed by atoms with Gasteiger partial charge in [-0.2, -0.15) is 0 Å². The Morgan fingerprint density at radius 3 is 1.51 bits per heavy atom. The van der Waals surface area contributed by atoms with Crippen molar-refractivity contribution in [1.82, 2.24) is 40.4 Å². The second-order valence-electron chi connectivity index (χ2n) is 17.4. The number of amides is 4. The average Bonchev–Trinajstić information content (AvgIpc) is 3.30. The number of carboxylic acids is 6. The van der Waals surface area contributed by atoms with Crippen molar-refractivity contribution in [3.63, 3.8) is 0 Å². The van der Waals surface area contributed by atoms with Crippen LogP contribution in [0.3, 0.4) is 0 Å². The van der Waals surface area contributed by atoms with Crippen molar-refractivity contribution in [3.05, 3.63) is 68.8 Å². The molecule has 0 spiro atoms. The Kier molecular flexibility index (Phi) is 26.0. The van der Waals surface area contributed by atoms with E-state index in [1.807, 2.05) is 24.3 Å². The number of rotatable bonds is 28. The van der Waals surface area contributed by atoms with E-state index in [4.69, 9.17) is 0 Å². The zero-order valence-electron chi connectivity index (χ0n) is 40.1. The van der Waals surface area contributed by atoms with Crippen LogP contribution in [0, 0.1) is 3.57 Å². The highest BCUT2D eigenvalue weighted by Crippen LogP contribution is 2.17. The van der Waals surface area contributed by atoms with E-state index in [-0.39, 0.29) is 142 Å². The average molecular weight is 1120 g/mol. The topological polar surface area (TPSA) is 344 Å². The molecule has 0 aromatic heterocycles. The molecule has 1 aliphatic heterocycles. The van der Waals surface area contributed by atoms with Crippen LogP contribution in [0.1, 0.15) is 73.4 Å². The fraction of sp³-hybridized carbons (Fsp3) is 0.532. The summed E-state index contributed by atoms with van der Waals surface area (Å²) >= 11 is 2.16. The molecule has 3 atom stereocenters. The quantitative estimate of drug-likeness (QED) is 0.0424. The number of Topliss-reactive ketones (excluding diaryl/α,β-unsaturated/α-hetero) is 1. The molecule has 0 bridgehead atoms. The molecule has 1 saturated heterocycles. The van der Waals surface area contributed by atoms with Crippen LogP contribution in [0.2, 0.25) is 0 Å². The lowest BCUT2D eigenvalue weighted by Gasteiger charge is -2.35. The minimum absolute atomic E-state index is 0.0340. The van der Waals surface area contributed by atoms with Crippen LogP contribution in [-0.4, -0.2) is 211 Å². The number of unbranched alkanes of at least 4 members (excludes halogenated alkanes) is 1. The number of nitrogens with one attached hydrogen (secondary N) is 3. The number of carbonyl (C=O) groups is 10. The maximum atomic E-state index is 13.9. The van der Waals surface area contributed by atoms with Crippen molar-refractivity contribution in [1.29, 1.82) is 0 Å². The highest BCUT2D eigenvalue weighted by Gasteiger charge is 2.29. The van der Waals surface area contributed by atoms with Gasteiger partial charge in [-0.1, -0.05) is 24.3 Å². The summed E-state index contributed by atoms with van der Waals surface area (Å²) in [6.07, 6.45) is -0.0284. The molecule has 9 N–H and O–H groups in total. The molecule has 2 aromatic carbocycles. The molecule has 4 amide bonds. The van der Waals surface area contributed by atoms with Crippen molar-refractivity contribution < 1.29 is 78.6 Å². The van der Waals surface area contributed by atoms with Gasteiger partial charge in [0.15, 0.2) is 0 Å². The number of hydrogen-bond acceptors (Lipinski definition) is 14. The Balaban J connectivity index is 1.64. The molecule has 2 aromatic rings. The predicted octanol–water partition coefficient (Wildman–Crippen LogP) is 1.00. The monoisotopic (exact) mass is 1120 g/mol. The molecule has 24 nitrogen and oxygen atoms in total. The van der Waals surface area contributed by atoms with Crippen molar-refractivity contribution >= 4 is 82.0 Å². The minimum Gasteiger partial charge on any atom is -0.480 e. The van der Waals surface area contributed by atoms with Crippen LogP contribution in [-0.2, 0) is 51.4 Å². The summed E-state index contributed by atoms with van der Waals surface area (Å²) in [5, 5.41) is 65.3. The van der Waals surface area contributed by atoms with Gasteiger partial charge < -0.3 is 56.3 Å². The second kappa shape index (κ2) is 31.2. The van der Waals surface area contributed by atoms with Crippen molar-refractivity contribution in [2.75, 3.05) is 78.5 Å². The van der Waals surface area contributed by atoms with E-state index in [0.29, 0.717) is 17.5 Å². The van der Waals surface area contributed by atoms with Gasteiger partial charge in [0, 0.05) is 94.0 Å². The number of carboxylic acid groups (broad SMARTS) is 6. The first-order valence-corrected chi connectivity index (χ1v) is 24.4. The van der Waals surface area contributed by atoms with Crippen LogP contribution in [0.25, 0.3) is 0 Å². The van der Waals surface area contributed by atoms with E-state index in [9.17, 15) is 78.6 Å². The summed E-state index contributed by atoms with van der Waals surface area (Å²) in [6, 6.07) is 9.06. The number of benzene rings is 2. The van der Waals surface area contributed by atoms with Crippen LogP contribution in [0.15, 0.2) is 48.5 Å². The summed E-state index contributed by atoms with van der Waals surface area (Å²) in [7, 11) is 0. The number of carbonyl (C=O) groups excluding carboxylic acids is 4. The lowest BCUT2D eigenvalue weighted by Crippen LogP contribution is -2.52. The number of urea groups is 1. The first-order valence-electron chi connectivity index (χ1n) is 23.3. The van der Waals surface area contributed by atoms with Gasteiger partial charge in [0.25, 0.3) is 5.91 Å². The first-order chi connectivity index (χ1) is 34.1. The van der Waals surface area contributed by atoms with Crippen LogP contribution < -0.4 is 16.0 Å². The van der Waals surface area contributed by atoms with E-state index in [1.54, 1.807) is 48.8 Å². The van der Waals surface area contributed by atoms with Gasteiger partial charge in [-0.3, -0.25) is 48.4 Å². The van der Waals surface area contributed by atoms with E-state index < -0.39 is 65.9 Å². The second-order valence-corrected chi connectivity index (χ2v) is 18.6. The Labute approximate surface area is 429 Å². The van der Waals surface area contributed by atoms with Crippen LogP contribution >= 0.6 is 22.6 Å². The van der Waals surface area contributed by atoms with E-state index in [1.165, 1.54) is 6.92 Å². The largest absolute Gasteiger partial charge is 0.480 e. The van der Waals surface area contributed by atoms with Crippen molar-refractivity contribution in [2.24, 2.45) is 0 Å². The molecule has 3 rings (SSSR count). The first kappa shape index (κ1) is 60.0. The van der Waals surface area contributed by atoms with E-state index >= 15 is 0 Å². The zero-order valence-corrected chi connectivity index (χ0v) is 42.2. The molecule has 396 valence electrons. The lowest BCUT2D eigenvalue weighted by molar-refractivity contribution is -0.145.